The van der Waals surface area contributed by atoms with Crippen LogP contribution in [0.25, 0.3) is 0 Å². The van der Waals surface area contributed by atoms with Crippen LogP contribution in [0.5, 0.6) is 11.5 Å². The average molecular weight is 338 g/mol. The molecule has 1 saturated heterocycles. The number of carbonyl (C=O) groups is 1. The Kier molecular flexibility index (Phi) is 4.55. The first-order valence-electron chi connectivity index (χ1n) is 8.88. The lowest BCUT2D eigenvalue weighted by Gasteiger charge is -2.33. The van der Waals surface area contributed by atoms with Crippen LogP contribution in [0.15, 0.2) is 42.6 Å². The Balaban J connectivity index is 1.44. The lowest BCUT2D eigenvalue weighted by Crippen LogP contribution is -2.40. The minimum absolute atomic E-state index is 0.0719. The molecule has 0 bridgehead atoms. The average Bonchev–Trinajstić information content (AvgIpc) is 2.68. The van der Waals surface area contributed by atoms with Crippen molar-refractivity contribution < 1.29 is 14.3 Å². The molecule has 3 heterocycles. The Hall–Kier alpha value is -2.56. The van der Waals surface area contributed by atoms with Crippen LogP contribution in [0, 0.1) is 5.92 Å². The highest BCUT2D eigenvalue weighted by Gasteiger charge is 2.26. The Morgan fingerprint density at radius 1 is 1.16 bits per heavy atom. The molecule has 0 N–H and O–H groups in total. The summed E-state index contributed by atoms with van der Waals surface area (Å²) >= 11 is 0. The number of hydrogen-bond acceptors (Lipinski definition) is 4. The molecular formula is C20H22N2O3. The fraction of sp³-hybridized carbons (Fsp3) is 0.400. The summed E-state index contributed by atoms with van der Waals surface area (Å²) in [4.78, 5) is 19.3. The van der Waals surface area contributed by atoms with Crippen molar-refractivity contribution >= 4 is 5.91 Å². The van der Waals surface area contributed by atoms with Gasteiger partial charge in [0.15, 0.2) is 11.5 Å². The Labute approximate surface area is 147 Å². The zero-order chi connectivity index (χ0) is 17.1. The predicted octanol–water partition coefficient (Wildman–Crippen LogP) is 2.95. The number of nitrogens with zero attached hydrogens (tertiary/aromatic N) is 2. The first-order valence-corrected chi connectivity index (χ1v) is 8.88. The van der Waals surface area contributed by atoms with Crippen molar-refractivity contribution in [2.45, 2.75) is 19.3 Å². The molecule has 5 nitrogen and oxygen atoms in total. The minimum Gasteiger partial charge on any atom is -0.486 e. The fourth-order valence-corrected chi connectivity index (χ4v) is 3.59. The van der Waals surface area contributed by atoms with Crippen molar-refractivity contribution in [3.8, 4) is 11.5 Å². The van der Waals surface area contributed by atoms with E-state index in [9.17, 15) is 4.79 Å². The summed E-state index contributed by atoms with van der Waals surface area (Å²) in [7, 11) is 0. The highest BCUT2D eigenvalue weighted by atomic mass is 16.6. The van der Waals surface area contributed by atoms with Gasteiger partial charge in [0, 0.05) is 30.5 Å². The number of carbonyl (C=O) groups excluding carboxylic acids is 1. The van der Waals surface area contributed by atoms with Gasteiger partial charge in [-0.05, 0) is 55.5 Å². The zero-order valence-electron chi connectivity index (χ0n) is 14.2. The second kappa shape index (κ2) is 7.13. The number of pyridine rings is 1. The number of amides is 1. The van der Waals surface area contributed by atoms with E-state index in [2.05, 4.69) is 11.1 Å². The van der Waals surface area contributed by atoms with Crippen LogP contribution in [-0.2, 0) is 6.42 Å². The van der Waals surface area contributed by atoms with Gasteiger partial charge in [-0.2, -0.15) is 0 Å². The van der Waals surface area contributed by atoms with Gasteiger partial charge in [0.25, 0.3) is 5.91 Å². The van der Waals surface area contributed by atoms with Crippen LogP contribution >= 0.6 is 0 Å². The van der Waals surface area contributed by atoms with Crippen molar-refractivity contribution in [3.05, 3.63) is 53.9 Å². The number of fused-ring (bicyclic) bond motifs is 1. The highest BCUT2D eigenvalue weighted by molar-refractivity contribution is 5.95. The van der Waals surface area contributed by atoms with E-state index in [4.69, 9.17) is 9.47 Å². The molecule has 1 unspecified atom stereocenters. The molecule has 0 spiro atoms. The summed E-state index contributed by atoms with van der Waals surface area (Å²) in [6, 6.07) is 11.5. The van der Waals surface area contributed by atoms with Crippen LogP contribution < -0.4 is 9.47 Å². The highest BCUT2D eigenvalue weighted by Crippen LogP contribution is 2.31. The van der Waals surface area contributed by atoms with Gasteiger partial charge in [0.1, 0.15) is 13.2 Å². The second-order valence-electron chi connectivity index (χ2n) is 6.64. The van der Waals surface area contributed by atoms with Gasteiger partial charge in [-0.1, -0.05) is 6.07 Å². The van der Waals surface area contributed by atoms with Crippen LogP contribution in [0.2, 0.25) is 0 Å². The molecule has 0 radical (unpaired) electrons. The zero-order valence-corrected chi connectivity index (χ0v) is 14.2. The standard InChI is InChI=1S/C20H22N2O3/c23-20(16-6-7-18-19(13-16)25-11-10-24-18)22-9-3-4-15(14-22)12-17-5-1-2-8-21-17/h1-2,5-8,13,15H,3-4,9-12,14H2. The van der Waals surface area contributed by atoms with E-state index < -0.39 is 0 Å². The van der Waals surface area contributed by atoms with E-state index in [0.29, 0.717) is 30.4 Å². The molecule has 0 saturated carbocycles. The summed E-state index contributed by atoms with van der Waals surface area (Å²) in [6.07, 6.45) is 4.93. The largest absolute Gasteiger partial charge is 0.486 e. The van der Waals surface area contributed by atoms with Crippen LogP contribution in [-0.4, -0.2) is 42.1 Å². The van der Waals surface area contributed by atoms with Crippen LogP contribution in [0.4, 0.5) is 0 Å². The predicted molar refractivity (Wildman–Crippen MR) is 94.0 cm³/mol. The van der Waals surface area contributed by atoms with Crippen molar-refractivity contribution in [2.24, 2.45) is 5.92 Å². The Morgan fingerprint density at radius 2 is 2.04 bits per heavy atom. The first kappa shape index (κ1) is 15.9. The van der Waals surface area contributed by atoms with E-state index in [1.54, 1.807) is 6.07 Å². The maximum atomic E-state index is 12.9. The van der Waals surface area contributed by atoms with Gasteiger partial charge in [0.05, 0.1) is 0 Å². The summed E-state index contributed by atoms with van der Waals surface area (Å²) in [5, 5.41) is 0. The Bertz CT molecular complexity index is 748. The SMILES string of the molecule is O=C(c1ccc2c(c1)OCCO2)N1CCCC(Cc2ccccn2)C1. The van der Waals surface area contributed by atoms with Gasteiger partial charge in [0.2, 0.25) is 0 Å². The summed E-state index contributed by atoms with van der Waals surface area (Å²) in [6.45, 7) is 2.68. The number of benzene rings is 1. The normalized spacial score (nSPS) is 19.5. The number of piperidine rings is 1. The lowest BCUT2D eigenvalue weighted by atomic mass is 9.92. The topological polar surface area (TPSA) is 51.7 Å². The van der Waals surface area contributed by atoms with Crippen LogP contribution in [0.3, 0.4) is 0 Å². The first-order chi connectivity index (χ1) is 12.3. The van der Waals surface area contributed by atoms with Gasteiger partial charge in [-0.15, -0.1) is 0 Å². The molecule has 130 valence electrons. The van der Waals surface area contributed by atoms with Gasteiger partial charge >= 0.3 is 0 Å². The maximum absolute atomic E-state index is 12.9. The molecule has 1 amide bonds. The second-order valence-corrected chi connectivity index (χ2v) is 6.64. The minimum atomic E-state index is 0.0719. The van der Waals surface area contributed by atoms with E-state index in [1.807, 2.05) is 35.4 Å². The van der Waals surface area contributed by atoms with E-state index in [1.165, 1.54) is 0 Å². The van der Waals surface area contributed by atoms with Crippen molar-refractivity contribution in [3.63, 3.8) is 0 Å². The third-order valence-electron chi connectivity index (χ3n) is 4.82. The summed E-state index contributed by atoms with van der Waals surface area (Å²) < 4.78 is 11.1. The van der Waals surface area contributed by atoms with Crippen LogP contribution in [0.1, 0.15) is 28.9 Å². The van der Waals surface area contributed by atoms with Crippen molar-refractivity contribution in [1.29, 1.82) is 0 Å². The monoisotopic (exact) mass is 338 g/mol. The molecule has 5 heteroatoms. The number of ether oxygens (including phenoxy) is 2. The number of likely N-dealkylation sites (tertiary alicyclic amines) is 1. The van der Waals surface area contributed by atoms with Gasteiger partial charge < -0.3 is 14.4 Å². The van der Waals surface area contributed by atoms with E-state index >= 15 is 0 Å². The molecule has 1 aromatic carbocycles. The smallest absolute Gasteiger partial charge is 0.254 e. The molecule has 1 fully saturated rings. The van der Waals surface area contributed by atoms with Crippen molar-refractivity contribution in [2.75, 3.05) is 26.3 Å². The molecule has 2 aliphatic rings. The third-order valence-corrected chi connectivity index (χ3v) is 4.82. The van der Waals surface area contributed by atoms with Crippen molar-refractivity contribution in [1.82, 2.24) is 9.88 Å². The summed E-state index contributed by atoms with van der Waals surface area (Å²) in [5.41, 5.74) is 1.77. The van der Waals surface area contributed by atoms with Gasteiger partial charge in [-0.25, -0.2) is 0 Å². The number of rotatable bonds is 3. The molecule has 2 aromatic rings. The fourth-order valence-electron chi connectivity index (χ4n) is 3.59. The maximum Gasteiger partial charge on any atom is 0.254 e. The molecule has 0 aliphatic carbocycles. The molecular weight excluding hydrogens is 316 g/mol. The van der Waals surface area contributed by atoms with Gasteiger partial charge in [-0.3, -0.25) is 9.78 Å². The molecule has 25 heavy (non-hydrogen) atoms. The third kappa shape index (κ3) is 3.60. The molecule has 1 aromatic heterocycles. The van der Waals surface area contributed by atoms with E-state index in [-0.39, 0.29) is 5.91 Å². The summed E-state index contributed by atoms with van der Waals surface area (Å²) in [5.74, 6) is 1.92. The molecule has 4 rings (SSSR count). The molecule has 2 aliphatic heterocycles. The Morgan fingerprint density at radius 3 is 2.88 bits per heavy atom. The quantitative estimate of drug-likeness (QED) is 0.863. The van der Waals surface area contributed by atoms with E-state index in [0.717, 1.165) is 43.8 Å². The lowest BCUT2D eigenvalue weighted by molar-refractivity contribution is 0.0671. The number of hydrogen-bond donors (Lipinski definition) is 0. The number of aromatic nitrogens is 1. The molecule has 1 atom stereocenters.